The highest BCUT2D eigenvalue weighted by molar-refractivity contribution is 6.76. The maximum Gasteiger partial charge on any atom is 0.304 e. The molecule has 1 saturated carbocycles. The standard InChI is InChI=1S/C30H36Cl2N2O5Si/c1-40(2,3)12-11-39-18-33-26-16-23(32)9-10-24(26)30(29(33)38)25(20-5-4-6-22(31)13-20)14-21(15-27(35)36)28(37)34(30)17-19-7-8-19/h4-6,9-10,13,16,19,21,25H,7-8,11-12,14-15,17-18H2,1-3H3,(H,35,36)/t21-,25-,30-/m1/s1. The van der Waals surface area contributed by atoms with Gasteiger partial charge in [0.1, 0.15) is 6.73 Å². The number of nitrogens with zero attached hydrogens (tertiary/aromatic N) is 2. The lowest BCUT2D eigenvalue weighted by molar-refractivity contribution is -0.161. The quantitative estimate of drug-likeness (QED) is 0.252. The largest absolute Gasteiger partial charge is 0.481 e. The van der Waals surface area contributed by atoms with E-state index in [9.17, 15) is 19.5 Å². The second-order valence-corrected chi connectivity index (χ2v) is 19.0. The minimum atomic E-state index is -1.36. The van der Waals surface area contributed by atoms with Crippen LogP contribution in [0.4, 0.5) is 5.69 Å². The van der Waals surface area contributed by atoms with Crippen molar-refractivity contribution >= 4 is 54.7 Å². The lowest BCUT2D eigenvalue weighted by Crippen LogP contribution is -2.64. The molecule has 2 fully saturated rings. The number of carboxylic acid groups (broad SMARTS) is 1. The maximum absolute atomic E-state index is 14.9. The molecule has 1 saturated heterocycles. The summed E-state index contributed by atoms with van der Waals surface area (Å²) < 4.78 is 6.08. The summed E-state index contributed by atoms with van der Waals surface area (Å²) in [6.07, 6.45) is 1.86. The summed E-state index contributed by atoms with van der Waals surface area (Å²) in [7, 11) is -1.35. The van der Waals surface area contributed by atoms with E-state index in [1.807, 2.05) is 24.3 Å². The van der Waals surface area contributed by atoms with Crippen LogP contribution in [0, 0.1) is 11.8 Å². The highest BCUT2D eigenvalue weighted by atomic mass is 35.5. The molecule has 3 aliphatic rings. The van der Waals surface area contributed by atoms with Gasteiger partial charge in [-0.2, -0.15) is 0 Å². The van der Waals surface area contributed by atoms with Crippen LogP contribution in [-0.2, 0) is 24.7 Å². The van der Waals surface area contributed by atoms with Crippen molar-refractivity contribution in [2.24, 2.45) is 11.8 Å². The van der Waals surface area contributed by atoms with E-state index >= 15 is 0 Å². The highest BCUT2D eigenvalue weighted by Gasteiger charge is 2.64. The van der Waals surface area contributed by atoms with E-state index < -0.39 is 31.4 Å². The molecule has 2 heterocycles. The highest BCUT2D eigenvalue weighted by Crippen LogP contribution is 2.58. The number of hydrogen-bond acceptors (Lipinski definition) is 4. The van der Waals surface area contributed by atoms with Crippen LogP contribution in [0.5, 0.6) is 0 Å². The van der Waals surface area contributed by atoms with Crippen molar-refractivity contribution in [3.63, 3.8) is 0 Å². The van der Waals surface area contributed by atoms with E-state index in [1.54, 1.807) is 28.0 Å². The maximum atomic E-state index is 14.9. The molecule has 214 valence electrons. The van der Waals surface area contributed by atoms with E-state index in [-0.39, 0.29) is 37.3 Å². The molecule has 10 heteroatoms. The molecule has 0 aromatic heterocycles. The summed E-state index contributed by atoms with van der Waals surface area (Å²) in [5.74, 6) is -2.56. The number of carbonyl (C=O) groups is 3. The van der Waals surface area contributed by atoms with Gasteiger partial charge in [0.2, 0.25) is 5.91 Å². The zero-order valence-electron chi connectivity index (χ0n) is 23.2. The molecule has 2 aromatic rings. The number of carboxylic acids is 1. The van der Waals surface area contributed by atoms with E-state index in [2.05, 4.69) is 19.6 Å². The van der Waals surface area contributed by atoms with Crippen LogP contribution in [0.3, 0.4) is 0 Å². The number of halogens is 2. The lowest BCUT2D eigenvalue weighted by Gasteiger charge is -2.51. The number of ether oxygens (including phenoxy) is 1. The normalized spacial score (nSPS) is 24.6. The van der Waals surface area contributed by atoms with Crippen molar-refractivity contribution < 1.29 is 24.2 Å². The van der Waals surface area contributed by atoms with Crippen molar-refractivity contribution in [1.29, 1.82) is 0 Å². The van der Waals surface area contributed by atoms with Gasteiger partial charge in [0.25, 0.3) is 5.91 Å². The molecule has 2 aliphatic heterocycles. The molecule has 1 spiro atoms. The number of piperidine rings is 1. The molecule has 0 radical (unpaired) electrons. The zero-order chi connectivity index (χ0) is 28.8. The predicted octanol–water partition coefficient (Wildman–Crippen LogP) is 6.36. The third kappa shape index (κ3) is 5.56. The van der Waals surface area contributed by atoms with Crippen molar-refractivity contribution in [3.05, 3.63) is 63.6 Å². The van der Waals surface area contributed by atoms with Gasteiger partial charge in [-0.05, 0) is 61.1 Å². The number of hydrogen-bond donors (Lipinski definition) is 1. The topological polar surface area (TPSA) is 87.1 Å². The van der Waals surface area contributed by atoms with Gasteiger partial charge in [-0.3, -0.25) is 19.3 Å². The van der Waals surface area contributed by atoms with Crippen molar-refractivity contribution in [3.8, 4) is 0 Å². The number of rotatable bonds is 10. The zero-order valence-corrected chi connectivity index (χ0v) is 25.7. The smallest absolute Gasteiger partial charge is 0.304 e. The van der Waals surface area contributed by atoms with Gasteiger partial charge in [0, 0.05) is 48.7 Å². The lowest BCUT2D eigenvalue weighted by atomic mass is 9.66. The van der Waals surface area contributed by atoms with Gasteiger partial charge in [0.05, 0.1) is 12.1 Å². The monoisotopic (exact) mass is 602 g/mol. The molecule has 0 bridgehead atoms. The Morgan fingerprint density at radius 1 is 1.10 bits per heavy atom. The van der Waals surface area contributed by atoms with E-state index in [4.69, 9.17) is 27.9 Å². The Morgan fingerprint density at radius 3 is 2.48 bits per heavy atom. The number of aliphatic carboxylic acids is 1. The van der Waals surface area contributed by atoms with E-state index in [0.29, 0.717) is 34.4 Å². The number of carbonyl (C=O) groups excluding carboxylic acids is 2. The fourth-order valence-corrected chi connectivity index (χ4v) is 7.28. The summed E-state index contributed by atoms with van der Waals surface area (Å²) >= 11 is 12.9. The van der Waals surface area contributed by atoms with Crippen molar-refractivity contribution in [1.82, 2.24) is 4.90 Å². The summed E-state index contributed by atoms with van der Waals surface area (Å²) in [6.45, 7) is 7.79. The average molecular weight is 604 g/mol. The Bertz CT molecular complexity index is 1330. The Hall–Kier alpha value is -2.39. The molecule has 40 heavy (non-hydrogen) atoms. The Kier molecular flexibility index (Phi) is 8.09. The second kappa shape index (κ2) is 11.1. The Balaban J connectivity index is 1.65. The van der Waals surface area contributed by atoms with Crippen LogP contribution < -0.4 is 4.90 Å². The molecular formula is C30H36Cl2N2O5Si. The molecular weight excluding hydrogens is 567 g/mol. The first kappa shape index (κ1) is 29.1. The van der Waals surface area contributed by atoms with Gasteiger partial charge in [0.15, 0.2) is 5.54 Å². The average Bonchev–Trinajstić information content (AvgIpc) is 3.66. The molecule has 2 aromatic carbocycles. The first-order chi connectivity index (χ1) is 18.9. The minimum absolute atomic E-state index is 0.0463. The molecule has 0 unspecified atom stereocenters. The van der Waals surface area contributed by atoms with Crippen LogP contribution >= 0.6 is 23.2 Å². The summed E-state index contributed by atoms with van der Waals surface area (Å²) in [4.78, 5) is 44.2. The first-order valence-corrected chi connectivity index (χ1v) is 18.4. The molecule has 5 rings (SSSR count). The van der Waals surface area contributed by atoms with Crippen LogP contribution in [0.2, 0.25) is 35.7 Å². The molecule has 1 N–H and O–H groups in total. The van der Waals surface area contributed by atoms with Crippen LogP contribution in [0.15, 0.2) is 42.5 Å². The van der Waals surface area contributed by atoms with Gasteiger partial charge in [-0.1, -0.05) is 61.0 Å². The van der Waals surface area contributed by atoms with Crippen LogP contribution in [-0.4, -0.2) is 55.7 Å². The predicted molar refractivity (Wildman–Crippen MR) is 159 cm³/mol. The van der Waals surface area contributed by atoms with Gasteiger partial charge >= 0.3 is 5.97 Å². The molecule has 2 amide bonds. The SMILES string of the molecule is C[Si](C)(C)CCOCN1C(=O)[C@@]2(c3ccc(Cl)cc31)[C@@H](c1cccc(Cl)c1)C[C@H](CC(=O)O)C(=O)N2CC1CC1. The van der Waals surface area contributed by atoms with Crippen molar-refractivity contribution in [2.45, 2.75) is 62.8 Å². The fourth-order valence-electron chi connectivity index (χ4n) is 6.15. The fraction of sp³-hybridized carbons (Fsp3) is 0.500. The molecule has 1 aliphatic carbocycles. The number of likely N-dealkylation sites (tertiary alicyclic amines) is 1. The van der Waals surface area contributed by atoms with Gasteiger partial charge in [-0.15, -0.1) is 0 Å². The number of amides is 2. The van der Waals surface area contributed by atoms with E-state index in [1.165, 1.54) is 0 Å². The summed E-state index contributed by atoms with van der Waals surface area (Å²) in [5.41, 5.74) is 0.764. The minimum Gasteiger partial charge on any atom is -0.481 e. The molecule has 3 atom stereocenters. The second-order valence-electron chi connectivity index (χ2n) is 12.5. The number of anilines is 1. The number of benzene rings is 2. The van der Waals surface area contributed by atoms with Crippen molar-refractivity contribution in [2.75, 3.05) is 24.8 Å². The third-order valence-electron chi connectivity index (χ3n) is 8.32. The summed E-state index contributed by atoms with van der Waals surface area (Å²) in [5, 5.41) is 10.7. The summed E-state index contributed by atoms with van der Waals surface area (Å²) in [6, 6.07) is 13.7. The van der Waals surface area contributed by atoms with E-state index in [0.717, 1.165) is 24.4 Å². The van der Waals surface area contributed by atoms with Crippen LogP contribution in [0.25, 0.3) is 0 Å². The van der Waals surface area contributed by atoms with Crippen LogP contribution in [0.1, 0.15) is 42.7 Å². The Labute approximate surface area is 246 Å². The van der Waals surface area contributed by atoms with Gasteiger partial charge < -0.3 is 14.7 Å². The third-order valence-corrected chi connectivity index (χ3v) is 10.5. The molecule has 7 nitrogen and oxygen atoms in total. The number of fused-ring (bicyclic) bond motifs is 2. The Morgan fingerprint density at radius 2 is 1.82 bits per heavy atom. The first-order valence-electron chi connectivity index (χ1n) is 13.9. The van der Waals surface area contributed by atoms with Gasteiger partial charge in [-0.25, -0.2) is 0 Å².